The summed E-state index contributed by atoms with van der Waals surface area (Å²) in [6.45, 7) is 2.12. The summed E-state index contributed by atoms with van der Waals surface area (Å²) in [4.78, 5) is 14.1. The average Bonchev–Trinajstić information content (AvgIpc) is 2.83. The number of aryl methyl sites for hydroxylation is 1. The summed E-state index contributed by atoms with van der Waals surface area (Å²) in [6, 6.07) is 17.6. The fourth-order valence-corrected chi connectivity index (χ4v) is 2.66. The van der Waals surface area contributed by atoms with Crippen molar-refractivity contribution in [3.63, 3.8) is 0 Å². The molecule has 3 nitrogen and oxygen atoms in total. The van der Waals surface area contributed by atoms with Gasteiger partial charge in [-0.25, -0.2) is 0 Å². The number of rotatable bonds is 3. The predicted octanol–water partition coefficient (Wildman–Crippen LogP) is 3.51. The molecule has 0 aliphatic carbocycles. The topological polar surface area (TPSA) is 32.3 Å². The van der Waals surface area contributed by atoms with E-state index in [1.807, 2.05) is 48.5 Å². The van der Waals surface area contributed by atoms with E-state index in [9.17, 15) is 4.79 Å². The van der Waals surface area contributed by atoms with E-state index in [0.29, 0.717) is 10.8 Å². The number of carbonyl (C=O) groups excluding carboxylic acids is 1. The molecule has 0 unspecified atom stereocenters. The maximum absolute atomic E-state index is 12.6. The van der Waals surface area contributed by atoms with Crippen molar-refractivity contribution < 1.29 is 4.79 Å². The third-order valence-corrected chi connectivity index (χ3v) is 3.88. The van der Waals surface area contributed by atoms with Crippen LogP contribution in [0.3, 0.4) is 0 Å². The molecule has 0 saturated carbocycles. The third-order valence-electron chi connectivity index (χ3n) is 3.59. The van der Waals surface area contributed by atoms with E-state index < -0.39 is 0 Å². The van der Waals surface area contributed by atoms with Crippen molar-refractivity contribution in [2.75, 3.05) is 4.90 Å². The maximum Gasteiger partial charge on any atom is 0.281 e. The molecule has 0 bridgehead atoms. The minimum Gasteiger partial charge on any atom is -0.327 e. The number of nitrogens with zero attached hydrogens (tertiary/aromatic N) is 1. The predicted molar refractivity (Wildman–Crippen MR) is 93.5 cm³/mol. The first kappa shape index (κ1) is 14.5. The minimum absolute atomic E-state index is 0.129. The monoisotopic (exact) mass is 308 g/mol. The Morgan fingerprint density at radius 1 is 1.09 bits per heavy atom. The molecule has 1 aliphatic rings. The largest absolute Gasteiger partial charge is 0.327 e. The van der Waals surface area contributed by atoms with Crippen molar-refractivity contribution in [2.24, 2.45) is 0 Å². The minimum atomic E-state index is -0.129. The molecule has 1 saturated heterocycles. The zero-order valence-electron chi connectivity index (χ0n) is 12.2. The lowest BCUT2D eigenvalue weighted by atomic mass is 10.1. The Hall–Kier alpha value is -2.46. The van der Waals surface area contributed by atoms with Gasteiger partial charge in [0, 0.05) is 0 Å². The van der Waals surface area contributed by atoms with E-state index in [-0.39, 0.29) is 5.91 Å². The van der Waals surface area contributed by atoms with E-state index in [1.165, 1.54) is 10.5 Å². The zero-order valence-corrected chi connectivity index (χ0v) is 13.1. The van der Waals surface area contributed by atoms with Gasteiger partial charge < -0.3 is 5.32 Å². The lowest BCUT2D eigenvalue weighted by Gasteiger charge is -2.13. The Kier molecular flexibility index (Phi) is 4.02. The van der Waals surface area contributed by atoms with Crippen LogP contribution in [0, 0.1) is 0 Å². The summed E-state index contributed by atoms with van der Waals surface area (Å²) in [7, 11) is 0. The summed E-state index contributed by atoms with van der Waals surface area (Å²) in [5, 5.41) is 3.41. The molecule has 3 rings (SSSR count). The van der Waals surface area contributed by atoms with E-state index in [1.54, 1.807) is 0 Å². The van der Waals surface area contributed by atoms with Gasteiger partial charge in [0.1, 0.15) is 5.70 Å². The maximum atomic E-state index is 12.6. The van der Waals surface area contributed by atoms with Gasteiger partial charge in [-0.2, -0.15) is 0 Å². The molecule has 110 valence electrons. The van der Waals surface area contributed by atoms with Crippen molar-refractivity contribution in [1.82, 2.24) is 5.32 Å². The number of carbonyl (C=O) groups is 1. The Morgan fingerprint density at radius 2 is 1.77 bits per heavy atom. The molecule has 0 spiro atoms. The number of para-hydroxylation sites is 1. The highest BCUT2D eigenvalue weighted by molar-refractivity contribution is 7.80. The Morgan fingerprint density at radius 3 is 2.41 bits per heavy atom. The number of amides is 1. The molecule has 4 heteroatoms. The summed E-state index contributed by atoms with van der Waals surface area (Å²) in [5.74, 6) is -0.129. The number of thiocarbonyl (C=S) groups is 1. The first-order chi connectivity index (χ1) is 10.7. The lowest BCUT2D eigenvalue weighted by molar-refractivity contribution is -0.113. The van der Waals surface area contributed by atoms with E-state index in [0.717, 1.165) is 17.7 Å². The Balaban J connectivity index is 1.88. The van der Waals surface area contributed by atoms with Crippen molar-refractivity contribution in [3.8, 4) is 0 Å². The summed E-state index contributed by atoms with van der Waals surface area (Å²) < 4.78 is 0. The molecular formula is C18H16N2OS. The molecule has 22 heavy (non-hydrogen) atoms. The first-order valence-corrected chi connectivity index (χ1v) is 7.61. The molecule has 2 aromatic carbocycles. The molecule has 1 fully saturated rings. The van der Waals surface area contributed by atoms with E-state index >= 15 is 0 Å². The van der Waals surface area contributed by atoms with Gasteiger partial charge in [0.15, 0.2) is 5.11 Å². The molecule has 0 aromatic heterocycles. The van der Waals surface area contributed by atoms with Gasteiger partial charge in [-0.3, -0.25) is 9.69 Å². The zero-order chi connectivity index (χ0) is 15.5. The van der Waals surface area contributed by atoms with Crippen LogP contribution in [0.1, 0.15) is 18.1 Å². The second kappa shape index (κ2) is 6.12. The molecule has 1 aliphatic heterocycles. The fourth-order valence-electron chi connectivity index (χ4n) is 2.36. The van der Waals surface area contributed by atoms with Gasteiger partial charge in [-0.1, -0.05) is 49.4 Å². The van der Waals surface area contributed by atoms with E-state index in [2.05, 4.69) is 24.4 Å². The van der Waals surface area contributed by atoms with Crippen LogP contribution < -0.4 is 10.2 Å². The number of anilines is 1. The van der Waals surface area contributed by atoms with Crippen LogP contribution in [0.15, 0.2) is 60.3 Å². The molecule has 1 N–H and O–H groups in total. The smallest absolute Gasteiger partial charge is 0.281 e. The van der Waals surface area contributed by atoms with E-state index in [4.69, 9.17) is 12.2 Å². The van der Waals surface area contributed by atoms with Crippen LogP contribution in [0.5, 0.6) is 0 Å². The molecular weight excluding hydrogens is 292 g/mol. The van der Waals surface area contributed by atoms with Gasteiger partial charge in [-0.15, -0.1) is 0 Å². The average molecular weight is 308 g/mol. The third kappa shape index (κ3) is 2.78. The Bertz CT molecular complexity index is 735. The Labute approximate surface area is 135 Å². The van der Waals surface area contributed by atoms with Crippen molar-refractivity contribution >= 4 is 35.0 Å². The first-order valence-electron chi connectivity index (χ1n) is 7.20. The normalized spacial score (nSPS) is 16.2. The second-order valence-corrected chi connectivity index (χ2v) is 5.45. The number of benzene rings is 2. The van der Waals surface area contributed by atoms with Crippen molar-refractivity contribution in [2.45, 2.75) is 13.3 Å². The summed E-state index contributed by atoms with van der Waals surface area (Å²) >= 11 is 5.29. The van der Waals surface area contributed by atoms with Crippen LogP contribution in [0.4, 0.5) is 5.69 Å². The lowest BCUT2D eigenvalue weighted by Crippen LogP contribution is -2.30. The molecule has 2 aromatic rings. The molecule has 0 atom stereocenters. The van der Waals surface area contributed by atoms with Crippen LogP contribution >= 0.6 is 12.2 Å². The highest BCUT2D eigenvalue weighted by atomic mass is 32.1. The highest BCUT2D eigenvalue weighted by Gasteiger charge is 2.31. The SMILES string of the molecule is CCc1ccc(/C=C2/NC(=S)N(c3ccccc3)C2=O)cc1. The molecule has 1 amide bonds. The number of hydrogen-bond acceptors (Lipinski definition) is 2. The van der Waals surface area contributed by atoms with Crippen LogP contribution in [-0.4, -0.2) is 11.0 Å². The quantitative estimate of drug-likeness (QED) is 0.695. The molecule has 0 radical (unpaired) electrons. The van der Waals surface area contributed by atoms with Gasteiger partial charge in [0.2, 0.25) is 0 Å². The van der Waals surface area contributed by atoms with Crippen LogP contribution in [0.2, 0.25) is 0 Å². The molecule has 1 heterocycles. The summed E-state index contributed by atoms with van der Waals surface area (Å²) in [6.07, 6.45) is 2.83. The van der Waals surface area contributed by atoms with Crippen LogP contribution in [-0.2, 0) is 11.2 Å². The highest BCUT2D eigenvalue weighted by Crippen LogP contribution is 2.22. The van der Waals surface area contributed by atoms with Gasteiger partial charge in [0.05, 0.1) is 5.69 Å². The summed E-state index contributed by atoms with van der Waals surface area (Å²) in [5.41, 5.74) is 3.52. The van der Waals surface area contributed by atoms with Crippen LogP contribution in [0.25, 0.3) is 6.08 Å². The number of nitrogens with one attached hydrogen (secondary N) is 1. The van der Waals surface area contributed by atoms with Gasteiger partial charge >= 0.3 is 0 Å². The number of hydrogen-bond donors (Lipinski definition) is 1. The van der Waals surface area contributed by atoms with Gasteiger partial charge in [-0.05, 0) is 48.0 Å². The van der Waals surface area contributed by atoms with Crippen molar-refractivity contribution in [1.29, 1.82) is 0 Å². The standard InChI is InChI=1S/C18H16N2OS/c1-2-13-8-10-14(11-9-13)12-16-17(21)20(18(22)19-16)15-6-4-3-5-7-15/h3-12H,2H2,1H3,(H,19,22)/b16-12+. The van der Waals surface area contributed by atoms with Crippen molar-refractivity contribution in [3.05, 3.63) is 71.4 Å². The second-order valence-electron chi connectivity index (χ2n) is 5.06. The fraction of sp³-hybridized carbons (Fsp3) is 0.111. The van der Waals surface area contributed by atoms with Gasteiger partial charge in [0.25, 0.3) is 5.91 Å².